The molecule has 6 rings (SSSR count). The van der Waals surface area contributed by atoms with E-state index in [1.54, 1.807) is 18.3 Å². The molecule has 6 heteroatoms. The first-order valence-electron chi connectivity index (χ1n) is 10.3. The van der Waals surface area contributed by atoms with Gasteiger partial charge in [0.2, 0.25) is 0 Å². The fourth-order valence-electron chi connectivity index (χ4n) is 4.18. The normalized spacial score (nSPS) is 11.4. The molecule has 32 heavy (non-hydrogen) atoms. The lowest BCUT2D eigenvalue weighted by atomic mass is 10.0. The van der Waals surface area contributed by atoms with Gasteiger partial charge in [-0.05, 0) is 60.0 Å². The SMILES string of the molecule is Cc1cncc(-c2ccc3[nH]nc(-c4cc5c(-c6ccccc6F)ccnc5[nH]4)c3c2)c1. The van der Waals surface area contributed by atoms with Crippen molar-refractivity contribution in [2.75, 3.05) is 0 Å². The van der Waals surface area contributed by atoms with Gasteiger partial charge in [-0.25, -0.2) is 9.37 Å². The van der Waals surface area contributed by atoms with Gasteiger partial charge in [-0.2, -0.15) is 5.10 Å². The number of hydrogen-bond acceptors (Lipinski definition) is 3. The Bertz CT molecular complexity index is 1610. The van der Waals surface area contributed by atoms with E-state index in [9.17, 15) is 4.39 Å². The Hall–Kier alpha value is -4.32. The summed E-state index contributed by atoms with van der Waals surface area (Å²) >= 11 is 0. The fourth-order valence-corrected chi connectivity index (χ4v) is 4.18. The summed E-state index contributed by atoms with van der Waals surface area (Å²) in [6, 6.07) is 18.9. The number of nitrogens with one attached hydrogen (secondary N) is 2. The smallest absolute Gasteiger partial charge is 0.138 e. The van der Waals surface area contributed by atoms with Crippen molar-refractivity contribution in [3.05, 3.63) is 90.6 Å². The minimum absolute atomic E-state index is 0.260. The van der Waals surface area contributed by atoms with Crippen LogP contribution < -0.4 is 0 Å². The molecular weight excluding hydrogens is 401 g/mol. The number of nitrogens with zero attached hydrogens (tertiary/aromatic N) is 3. The van der Waals surface area contributed by atoms with Crippen molar-refractivity contribution < 1.29 is 4.39 Å². The van der Waals surface area contributed by atoms with Crippen LogP contribution >= 0.6 is 0 Å². The Morgan fingerprint density at radius 1 is 0.844 bits per heavy atom. The third kappa shape index (κ3) is 2.96. The summed E-state index contributed by atoms with van der Waals surface area (Å²) < 4.78 is 14.5. The molecule has 0 aliphatic heterocycles. The topological polar surface area (TPSA) is 70.2 Å². The quantitative estimate of drug-likeness (QED) is 0.354. The fraction of sp³-hybridized carbons (Fsp3) is 0.0385. The van der Waals surface area contributed by atoms with E-state index in [1.165, 1.54) is 6.07 Å². The number of halogens is 1. The van der Waals surface area contributed by atoms with Crippen LogP contribution in [0.4, 0.5) is 4.39 Å². The Labute approximate surface area is 183 Å². The zero-order valence-corrected chi connectivity index (χ0v) is 17.2. The van der Waals surface area contributed by atoms with Crippen LogP contribution in [0, 0.1) is 12.7 Å². The standard InChI is InChI=1S/C26H18FN5/c1-15-10-17(14-28-13-15)16-6-7-23-21(11-16)25(32-31-23)24-12-20-18(8-9-29-26(20)30-24)19-4-2-3-5-22(19)27/h2-14H,1H3,(H,29,30)(H,31,32). The molecular formula is C26H18FN5. The lowest BCUT2D eigenvalue weighted by Gasteiger charge is -2.04. The molecule has 2 N–H and O–H groups in total. The van der Waals surface area contributed by atoms with Gasteiger partial charge in [0.05, 0.1) is 11.2 Å². The number of aromatic amines is 2. The molecule has 154 valence electrons. The van der Waals surface area contributed by atoms with Crippen molar-refractivity contribution in [2.24, 2.45) is 0 Å². The highest BCUT2D eigenvalue weighted by Gasteiger charge is 2.16. The molecule has 0 spiro atoms. The van der Waals surface area contributed by atoms with E-state index in [-0.39, 0.29) is 5.82 Å². The van der Waals surface area contributed by atoms with Gasteiger partial charge in [-0.15, -0.1) is 0 Å². The predicted molar refractivity (Wildman–Crippen MR) is 125 cm³/mol. The number of fused-ring (bicyclic) bond motifs is 2. The zero-order valence-electron chi connectivity index (χ0n) is 17.2. The molecule has 0 aliphatic rings. The molecule has 5 nitrogen and oxygen atoms in total. The van der Waals surface area contributed by atoms with Gasteiger partial charge in [0.25, 0.3) is 0 Å². The lowest BCUT2D eigenvalue weighted by molar-refractivity contribution is 0.631. The number of pyridine rings is 2. The van der Waals surface area contributed by atoms with Crippen molar-refractivity contribution in [2.45, 2.75) is 6.92 Å². The summed E-state index contributed by atoms with van der Waals surface area (Å²) in [6.07, 6.45) is 5.40. The van der Waals surface area contributed by atoms with Gasteiger partial charge in [-0.3, -0.25) is 10.1 Å². The van der Waals surface area contributed by atoms with Crippen molar-refractivity contribution in [3.63, 3.8) is 0 Å². The minimum Gasteiger partial charge on any atom is -0.338 e. The molecule has 0 unspecified atom stereocenters. The average molecular weight is 419 g/mol. The van der Waals surface area contributed by atoms with E-state index >= 15 is 0 Å². The van der Waals surface area contributed by atoms with Crippen LogP contribution in [0.5, 0.6) is 0 Å². The van der Waals surface area contributed by atoms with Crippen LogP contribution in [0.25, 0.3) is 55.6 Å². The van der Waals surface area contributed by atoms with Crippen LogP contribution in [-0.2, 0) is 0 Å². The maximum absolute atomic E-state index is 14.5. The van der Waals surface area contributed by atoms with Crippen LogP contribution in [-0.4, -0.2) is 25.1 Å². The maximum Gasteiger partial charge on any atom is 0.138 e. The van der Waals surface area contributed by atoms with E-state index < -0.39 is 0 Å². The minimum atomic E-state index is -0.260. The van der Waals surface area contributed by atoms with E-state index in [0.29, 0.717) is 11.2 Å². The average Bonchev–Trinajstić information content (AvgIpc) is 3.43. The van der Waals surface area contributed by atoms with E-state index in [0.717, 1.165) is 49.9 Å². The molecule has 0 atom stereocenters. The Morgan fingerprint density at radius 2 is 1.75 bits per heavy atom. The summed E-state index contributed by atoms with van der Waals surface area (Å²) in [5, 5.41) is 9.51. The highest BCUT2D eigenvalue weighted by atomic mass is 19.1. The maximum atomic E-state index is 14.5. The van der Waals surface area contributed by atoms with Crippen molar-refractivity contribution in [1.82, 2.24) is 25.1 Å². The predicted octanol–water partition coefficient (Wildman–Crippen LogP) is 6.28. The van der Waals surface area contributed by atoms with Crippen LogP contribution in [0.2, 0.25) is 0 Å². The summed E-state index contributed by atoms with van der Waals surface area (Å²) in [6.45, 7) is 2.03. The second-order valence-corrected chi connectivity index (χ2v) is 7.87. The number of aryl methyl sites for hydroxylation is 1. The third-order valence-corrected chi connectivity index (χ3v) is 5.72. The molecule has 2 aromatic carbocycles. The largest absolute Gasteiger partial charge is 0.338 e. The first kappa shape index (κ1) is 18.4. The van der Waals surface area contributed by atoms with Gasteiger partial charge >= 0.3 is 0 Å². The number of rotatable bonds is 3. The van der Waals surface area contributed by atoms with E-state index in [4.69, 9.17) is 0 Å². The Morgan fingerprint density at radius 3 is 2.62 bits per heavy atom. The Balaban J connectivity index is 1.52. The summed E-state index contributed by atoms with van der Waals surface area (Å²) in [5.41, 5.74) is 7.81. The van der Waals surface area contributed by atoms with Gasteiger partial charge in [0.1, 0.15) is 17.2 Å². The molecule has 0 saturated heterocycles. The van der Waals surface area contributed by atoms with Crippen LogP contribution in [0.3, 0.4) is 0 Å². The monoisotopic (exact) mass is 419 g/mol. The highest BCUT2D eigenvalue weighted by molar-refractivity contribution is 6.00. The van der Waals surface area contributed by atoms with Gasteiger partial charge in [-0.1, -0.05) is 24.3 Å². The zero-order chi connectivity index (χ0) is 21.7. The Kier molecular flexibility index (Phi) is 4.11. The number of H-pyrrole nitrogens is 2. The van der Waals surface area contributed by atoms with Gasteiger partial charge < -0.3 is 4.98 Å². The third-order valence-electron chi connectivity index (χ3n) is 5.72. The first-order valence-corrected chi connectivity index (χ1v) is 10.3. The summed E-state index contributed by atoms with van der Waals surface area (Å²) in [7, 11) is 0. The molecule has 6 aromatic rings. The van der Waals surface area contributed by atoms with E-state index in [1.807, 2.05) is 43.6 Å². The van der Waals surface area contributed by atoms with Crippen molar-refractivity contribution >= 4 is 21.9 Å². The number of benzene rings is 2. The van der Waals surface area contributed by atoms with E-state index in [2.05, 4.69) is 43.3 Å². The first-order chi connectivity index (χ1) is 15.7. The second kappa shape index (κ2) is 7.13. The second-order valence-electron chi connectivity index (χ2n) is 7.87. The van der Waals surface area contributed by atoms with Crippen molar-refractivity contribution in [3.8, 4) is 33.6 Å². The van der Waals surface area contributed by atoms with Crippen molar-refractivity contribution in [1.29, 1.82) is 0 Å². The molecule has 0 saturated carbocycles. The number of aromatic nitrogens is 5. The summed E-state index contributed by atoms with van der Waals surface area (Å²) in [5.74, 6) is -0.260. The summed E-state index contributed by atoms with van der Waals surface area (Å²) in [4.78, 5) is 12.1. The molecule has 0 radical (unpaired) electrons. The molecule has 0 bridgehead atoms. The van der Waals surface area contributed by atoms with Gasteiger partial charge in [0.15, 0.2) is 0 Å². The molecule has 4 heterocycles. The molecule has 0 fully saturated rings. The molecule has 4 aromatic heterocycles. The van der Waals surface area contributed by atoms with Crippen LogP contribution in [0.1, 0.15) is 5.56 Å². The number of hydrogen-bond donors (Lipinski definition) is 2. The van der Waals surface area contributed by atoms with Crippen LogP contribution in [0.15, 0.2) is 79.3 Å². The molecule has 0 aliphatic carbocycles. The van der Waals surface area contributed by atoms with Gasteiger partial charge in [0, 0.05) is 40.5 Å². The molecule has 0 amide bonds. The lowest BCUT2D eigenvalue weighted by Crippen LogP contribution is -1.85. The highest BCUT2D eigenvalue weighted by Crippen LogP contribution is 2.35.